The van der Waals surface area contributed by atoms with Crippen molar-refractivity contribution in [3.8, 4) is 0 Å². The van der Waals surface area contributed by atoms with Crippen molar-refractivity contribution in [3.63, 3.8) is 0 Å². The molecule has 2 aromatic rings. The number of hydrogen-bond donors (Lipinski definition) is 3. The van der Waals surface area contributed by atoms with E-state index in [1.165, 1.54) is 12.1 Å². The summed E-state index contributed by atoms with van der Waals surface area (Å²) in [6, 6.07) is 14.2. The van der Waals surface area contributed by atoms with Gasteiger partial charge in [-0.15, -0.1) is 0 Å². The van der Waals surface area contributed by atoms with Crippen LogP contribution in [-0.4, -0.2) is 30.4 Å². The van der Waals surface area contributed by atoms with E-state index in [9.17, 15) is 14.9 Å². The molecule has 1 aliphatic heterocycles. The minimum absolute atomic E-state index is 0.0000384. The fourth-order valence-corrected chi connectivity index (χ4v) is 3.09. The Morgan fingerprint density at radius 1 is 1.26 bits per heavy atom. The number of guanidine groups is 1. The fraction of sp³-hybridized carbons (Fsp3) is 0.263. The van der Waals surface area contributed by atoms with Crippen LogP contribution in [-0.2, 0) is 11.3 Å². The molecule has 0 fully saturated rings. The van der Waals surface area contributed by atoms with E-state index in [1.807, 2.05) is 30.3 Å². The number of para-hydroxylation sites is 1. The molecule has 0 saturated carbocycles. The molecule has 0 saturated heterocycles. The predicted octanol–water partition coefficient (Wildman–Crippen LogP) is 2.39. The molecule has 3 N–H and O–H groups in total. The lowest BCUT2D eigenvalue weighted by atomic mass is 9.90. The zero-order chi connectivity index (χ0) is 19.2. The van der Waals surface area contributed by atoms with Gasteiger partial charge in [0.2, 0.25) is 5.91 Å². The van der Waals surface area contributed by atoms with Gasteiger partial charge in [0, 0.05) is 50.3 Å². The van der Waals surface area contributed by atoms with Crippen molar-refractivity contribution in [2.45, 2.75) is 18.9 Å². The van der Waals surface area contributed by atoms with Crippen molar-refractivity contribution >= 4 is 23.2 Å². The number of rotatable bonds is 5. The van der Waals surface area contributed by atoms with Gasteiger partial charge in [-0.3, -0.25) is 19.9 Å². The van der Waals surface area contributed by atoms with Crippen LogP contribution >= 0.6 is 0 Å². The quantitative estimate of drug-likeness (QED) is 0.325. The van der Waals surface area contributed by atoms with Gasteiger partial charge < -0.3 is 16.0 Å². The molecule has 3 rings (SSSR count). The third-order valence-electron chi connectivity index (χ3n) is 4.43. The van der Waals surface area contributed by atoms with Crippen molar-refractivity contribution in [2.75, 3.05) is 18.9 Å². The van der Waals surface area contributed by atoms with E-state index in [0.29, 0.717) is 25.5 Å². The number of fused-ring (bicyclic) bond motifs is 1. The Balaban J connectivity index is 1.59. The van der Waals surface area contributed by atoms with Crippen LogP contribution in [0, 0.1) is 10.1 Å². The van der Waals surface area contributed by atoms with Gasteiger partial charge in [-0.1, -0.05) is 30.3 Å². The van der Waals surface area contributed by atoms with Crippen LogP contribution in [0.2, 0.25) is 0 Å². The Morgan fingerprint density at radius 3 is 2.85 bits per heavy atom. The van der Waals surface area contributed by atoms with Crippen LogP contribution in [0.1, 0.15) is 23.5 Å². The number of carbonyl (C=O) groups excluding carboxylic acids is 1. The molecule has 1 unspecified atom stereocenters. The van der Waals surface area contributed by atoms with Gasteiger partial charge in [-0.25, -0.2) is 0 Å². The third kappa shape index (κ3) is 4.60. The van der Waals surface area contributed by atoms with Gasteiger partial charge in [0.15, 0.2) is 5.96 Å². The van der Waals surface area contributed by atoms with E-state index >= 15 is 0 Å². The largest absolute Gasteiger partial charge is 0.356 e. The Bertz CT molecular complexity index is 881. The minimum Gasteiger partial charge on any atom is -0.356 e. The number of anilines is 1. The third-order valence-corrected chi connectivity index (χ3v) is 4.43. The lowest BCUT2D eigenvalue weighted by molar-refractivity contribution is -0.384. The Labute approximate surface area is 156 Å². The number of nitrogens with one attached hydrogen (secondary N) is 3. The van der Waals surface area contributed by atoms with E-state index in [2.05, 4.69) is 20.9 Å². The summed E-state index contributed by atoms with van der Waals surface area (Å²) in [6.45, 7) is 0.960. The first-order chi connectivity index (χ1) is 13.1. The van der Waals surface area contributed by atoms with Gasteiger partial charge in [0.05, 0.1) is 4.92 Å². The molecule has 1 amide bonds. The smallest absolute Gasteiger partial charge is 0.269 e. The molecule has 8 nitrogen and oxygen atoms in total. The zero-order valence-electron chi connectivity index (χ0n) is 14.9. The topological polar surface area (TPSA) is 109 Å². The first-order valence-electron chi connectivity index (χ1n) is 8.63. The number of amides is 1. The summed E-state index contributed by atoms with van der Waals surface area (Å²) in [5.41, 5.74) is 2.79. The summed E-state index contributed by atoms with van der Waals surface area (Å²) in [5.74, 6) is 0.622. The van der Waals surface area contributed by atoms with Crippen LogP contribution < -0.4 is 16.0 Å². The molecule has 27 heavy (non-hydrogen) atoms. The number of nitro groups is 1. The molecule has 1 atom stereocenters. The number of nitrogens with zero attached hydrogens (tertiary/aromatic N) is 2. The van der Waals surface area contributed by atoms with E-state index in [0.717, 1.165) is 16.8 Å². The maximum atomic E-state index is 11.9. The van der Waals surface area contributed by atoms with Crippen molar-refractivity contribution < 1.29 is 9.72 Å². The standard InChI is InChI=1S/C19H21N5O3/c1-20-19(21-11-13-5-4-6-15(9-13)24(26)27)22-12-14-10-18(25)23-17-8-3-2-7-16(14)17/h2-9,14H,10-12H2,1H3,(H,23,25)(H2,20,21,22). The SMILES string of the molecule is CN=C(NCc1cccc([N+](=O)[O-])c1)NCC1CC(=O)Nc2ccccc21. The average molecular weight is 367 g/mol. The first-order valence-corrected chi connectivity index (χ1v) is 8.63. The van der Waals surface area contributed by atoms with E-state index in [-0.39, 0.29) is 17.5 Å². The Kier molecular flexibility index (Phi) is 5.65. The van der Waals surface area contributed by atoms with Crippen LogP contribution in [0.25, 0.3) is 0 Å². The molecular formula is C19H21N5O3. The molecule has 0 bridgehead atoms. The predicted molar refractivity (Wildman–Crippen MR) is 104 cm³/mol. The maximum absolute atomic E-state index is 11.9. The van der Waals surface area contributed by atoms with Crippen LogP contribution in [0.5, 0.6) is 0 Å². The minimum atomic E-state index is -0.415. The molecule has 0 aliphatic carbocycles. The van der Waals surface area contributed by atoms with Gasteiger partial charge >= 0.3 is 0 Å². The van der Waals surface area contributed by atoms with Crippen molar-refractivity contribution in [1.82, 2.24) is 10.6 Å². The van der Waals surface area contributed by atoms with Gasteiger partial charge in [0.25, 0.3) is 5.69 Å². The fourth-order valence-electron chi connectivity index (χ4n) is 3.09. The highest BCUT2D eigenvalue weighted by Crippen LogP contribution is 2.31. The number of non-ortho nitro benzene ring substituents is 1. The van der Waals surface area contributed by atoms with Crippen molar-refractivity contribution in [2.24, 2.45) is 4.99 Å². The number of aliphatic imine (C=N–C) groups is 1. The summed E-state index contributed by atoms with van der Waals surface area (Å²) < 4.78 is 0. The molecule has 2 aromatic carbocycles. The average Bonchev–Trinajstić information content (AvgIpc) is 2.68. The van der Waals surface area contributed by atoms with Crippen molar-refractivity contribution in [3.05, 3.63) is 69.8 Å². The highest BCUT2D eigenvalue weighted by molar-refractivity contribution is 5.94. The monoisotopic (exact) mass is 367 g/mol. The van der Waals surface area contributed by atoms with Gasteiger partial charge in [-0.2, -0.15) is 0 Å². The van der Waals surface area contributed by atoms with Crippen molar-refractivity contribution in [1.29, 1.82) is 0 Å². The Hall–Kier alpha value is -3.42. The normalized spacial score (nSPS) is 16.3. The number of nitro benzene ring substituents is 1. The molecular weight excluding hydrogens is 346 g/mol. The lowest BCUT2D eigenvalue weighted by Crippen LogP contribution is -2.40. The second-order valence-corrected chi connectivity index (χ2v) is 6.27. The summed E-state index contributed by atoms with van der Waals surface area (Å²) in [4.78, 5) is 26.5. The number of hydrogen-bond acceptors (Lipinski definition) is 4. The van der Waals surface area contributed by atoms with E-state index in [4.69, 9.17) is 0 Å². The molecule has 1 heterocycles. The van der Waals surface area contributed by atoms with Crippen LogP contribution in [0.4, 0.5) is 11.4 Å². The molecule has 1 aliphatic rings. The number of benzene rings is 2. The van der Waals surface area contributed by atoms with E-state index < -0.39 is 4.92 Å². The second kappa shape index (κ2) is 8.31. The van der Waals surface area contributed by atoms with Gasteiger partial charge in [-0.05, 0) is 17.2 Å². The summed E-state index contributed by atoms with van der Waals surface area (Å²) in [6.07, 6.45) is 0.409. The molecule has 0 spiro atoms. The summed E-state index contributed by atoms with van der Waals surface area (Å²) in [5, 5.41) is 20.1. The maximum Gasteiger partial charge on any atom is 0.269 e. The zero-order valence-corrected chi connectivity index (χ0v) is 14.9. The van der Waals surface area contributed by atoms with Crippen LogP contribution in [0.3, 0.4) is 0 Å². The molecule has 8 heteroatoms. The summed E-state index contributed by atoms with van der Waals surface area (Å²) >= 11 is 0. The highest BCUT2D eigenvalue weighted by Gasteiger charge is 2.24. The molecule has 0 aromatic heterocycles. The number of carbonyl (C=O) groups is 1. The highest BCUT2D eigenvalue weighted by atomic mass is 16.6. The second-order valence-electron chi connectivity index (χ2n) is 6.27. The Morgan fingerprint density at radius 2 is 2.07 bits per heavy atom. The summed E-state index contributed by atoms with van der Waals surface area (Å²) in [7, 11) is 1.66. The van der Waals surface area contributed by atoms with Gasteiger partial charge in [0.1, 0.15) is 0 Å². The van der Waals surface area contributed by atoms with E-state index in [1.54, 1.807) is 13.1 Å². The first kappa shape index (κ1) is 18.4. The lowest BCUT2D eigenvalue weighted by Gasteiger charge is -2.26. The molecule has 0 radical (unpaired) electrons. The molecule has 140 valence electrons. The van der Waals surface area contributed by atoms with Crippen LogP contribution in [0.15, 0.2) is 53.5 Å².